The van der Waals surface area contributed by atoms with E-state index in [1.54, 1.807) is 12.1 Å². The number of nitrogens with one attached hydrogen (secondary N) is 1. The van der Waals surface area contributed by atoms with Gasteiger partial charge in [-0.1, -0.05) is 35.5 Å². The molecule has 4 aromatic rings. The van der Waals surface area contributed by atoms with Crippen molar-refractivity contribution in [2.24, 2.45) is 0 Å². The lowest BCUT2D eigenvalue weighted by Gasteiger charge is -2.08. The highest BCUT2D eigenvalue weighted by Crippen LogP contribution is 2.27. The predicted molar refractivity (Wildman–Crippen MR) is 108 cm³/mol. The molecule has 0 aliphatic carbocycles. The van der Waals surface area contributed by atoms with E-state index in [0.717, 1.165) is 28.8 Å². The van der Waals surface area contributed by atoms with Gasteiger partial charge in [-0.25, -0.2) is 9.97 Å². The number of nitrogens with zero attached hydrogens (tertiary/aromatic N) is 4. The fourth-order valence-electron chi connectivity index (χ4n) is 2.57. The van der Waals surface area contributed by atoms with Crippen molar-refractivity contribution in [1.29, 1.82) is 0 Å². The van der Waals surface area contributed by atoms with Crippen molar-refractivity contribution < 1.29 is 4.42 Å². The van der Waals surface area contributed by atoms with Gasteiger partial charge in [-0.2, -0.15) is 0 Å². The molecule has 1 N–H and O–H groups in total. The summed E-state index contributed by atoms with van der Waals surface area (Å²) < 4.78 is 5.74. The number of rotatable bonds is 6. The van der Waals surface area contributed by atoms with Gasteiger partial charge >= 0.3 is 0 Å². The summed E-state index contributed by atoms with van der Waals surface area (Å²) in [5, 5.41) is 13.8. The summed E-state index contributed by atoms with van der Waals surface area (Å²) in [6, 6.07) is 15.2. The second kappa shape index (κ2) is 7.94. The first-order valence-corrected chi connectivity index (χ1v) is 9.81. The predicted octanol–water partition coefficient (Wildman–Crippen LogP) is 5.06. The molecule has 0 unspecified atom stereocenters. The molecule has 27 heavy (non-hydrogen) atoms. The van der Waals surface area contributed by atoms with Gasteiger partial charge in [-0.05, 0) is 43.3 Å². The minimum Gasteiger partial charge on any atom is -0.420 e. The number of halogens is 1. The first kappa shape index (κ1) is 17.8. The molecule has 0 atom stereocenters. The molecule has 0 aliphatic heterocycles. The number of fused-ring (bicyclic) bond motifs is 1. The maximum absolute atomic E-state index is 5.91. The van der Waals surface area contributed by atoms with Crippen LogP contribution in [-0.4, -0.2) is 26.7 Å². The number of para-hydroxylation sites is 1. The lowest BCUT2D eigenvalue weighted by atomic mass is 10.2. The van der Waals surface area contributed by atoms with E-state index in [2.05, 4.69) is 25.5 Å². The molecule has 0 aliphatic rings. The van der Waals surface area contributed by atoms with Crippen LogP contribution in [0.2, 0.25) is 5.02 Å². The van der Waals surface area contributed by atoms with Crippen molar-refractivity contribution in [1.82, 2.24) is 20.2 Å². The van der Waals surface area contributed by atoms with E-state index in [-0.39, 0.29) is 0 Å². The van der Waals surface area contributed by atoms with E-state index in [4.69, 9.17) is 16.0 Å². The highest BCUT2D eigenvalue weighted by molar-refractivity contribution is 7.98. The van der Waals surface area contributed by atoms with Gasteiger partial charge in [-0.3, -0.25) is 0 Å². The minimum atomic E-state index is 0.468. The molecular weight excluding hydrogens is 382 g/mol. The Bertz CT molecular complexity index is 1070. The lowest BCUT2D eigenvalue weighted by molar-refractivity contribution is 0.528. The number of aromatic nitrogens is 4. The molecule has 0 saturated carbocycles. The molecule has 2 aromatic carbocycles. The molecule has 2 heterocycles. The van der Waals surface area contributed by atoms with Gasteiger partial charge in [0.2, 0.25) is 11.8 Å². The normalized spacial score (nSPS) is 11.0. The molecule has 0 bridgehead atoms. The van der Waals surface area contributed by atoms with Crippen LogP contribution in [0, 0.1) is 0 Å². The Morgan fingerprint density at radius 1 is 1.04 bits per heavy atom. The molecule has 0 saturated heterocycles. The molecule has 0 radical (unpaired) electrons. The second-order valence-corrected chi connectivity index (χ2v) is 7.08. The van der Waals surface area contributed by atoms with Crippen LogP contribution in [0.4, 0.5) is 5.82 Å². The molecule has 0 spiro atoms. The van der Waals surface area contributed by atoms with Crippen LogP contribution in [0.3, 0.4) is 0 Å². The van der Waals surface area contributed by atoms with Gasteiger partial charge in [0.25, 0.3) is 0 Å². The van der Waals surface area contributed by atoms with Crippen LogP contribution in [-0.2, 0) is 5.75 Å². The molecule has 6 nitrogen and oxygen atoms in total. The van der Waals surface area contributed by atoms with Crippen LogP contribution in [0.1, 0.15) is 12.8 Å². The molecule has 8 heteroatoms. The summed E-state index contributed by atoms with van der Waals surface area (Å²) in [5.74, 6) is 2.31. The first-order chi connectivity index (χ1) is 13.2. The van der Waals surface area contributed by atoms with E-state index < -0.39 is 0 Å². The first-order valence-electron chi connectivity index (χ1n) is 8.44. The second-order valence-electron chi connectivity index (χ2n) is 5.70. The highest BCUT2D eigenvalue weighted by Gasteiger charge is 2.12. The summed E-state index contributed by atoms with van der Waals surface area (Å²) in [4.78, 5) is 9.23. The fraction of sp³-hybridized carbons (Fsp3) is 0.158. The monoisotopic (exact) mass is 397 g/mol. The number of hydrogen-bond acceptors (Lipinski definition) is 7. The third-order valence-corrected chi connectivity index (χ3v) is 4.89. The Kier molecular flexibility index (Phi) is 5.22. The minimum absolute atomic E-state index is 0.468. The average molecular weight is 398 g/mol. The molecule has 136 valence electrons. The Morgan fingerprint density at radius 3 is 2.67 bits per heavy atom. The van der Waals surface area contributed by atoms with Crippen molar-refractivity contribution in [3.63, 3.8) is 0 Å². The van der Waals surface area contributed by atoms with Gasteiger partial charge in [-0.15, -0.1) is 10.2 Å². The molecule has 4 rings (SSSR count). The van der Waals surface area contributed by atoms with Crippen LogP contribution in [0.15, 0.2) is 58.1 Å². The lowest BCUT2D eigenvalue weighted by Crippen LogP contribution is -2.02. The van der Waals surface area contributed by atoms with E-state index in [9.17, 15) is 0 Å². The smallest absolute Gasteiger partial charge is 0.247 e. The van der Waals surface area contributed by atoms with Gasteiger partial charge in [0, 0.05) is 22.5 Å². The third-order valence-electron chi connectivity index (χ3n) is 3.81. The Hall–Kier alpha value is -2.64. The van der Waals surface area contributed by atoms with Crippen molar-refractivity contribution in [3.05, 3.63) is 59.4 Å². The standard InChI is InChI=1S/C19H16ClN5OS/c1-2-21-17-14-5-3-4-6-15(14)22-19(23-17)27-11-16-24-25-18(26-16)12-7-9-13(20)10-8-12/h3-10H,2,11H2,1H3,(H,21,22,23). The van der Waals surface area contributed by atoms with E-state index >= 15 is 0 Å². The van der Waals surface area contributed by atoms with E-state index in [1.165, 1.54) is 11.8 Å². The van der Waals surface area contributed by atoms with Crippen molar-refractivity contribution >= 4 is 40.1 Å². The number of thioether (sulfide) groups is 1. The molecule has 0 fully saturated rings. The number of hydrogen-bond donors (Lipinski definition) is 1. The summed E-state index contributed by atoms with van der Waals surface area (Å²) in [6.07, 6.45) is 0. The molecule has 2 aromatic heterocycles. The fourth-order valence-corrected chi connectivity index (χ4v) is 3.38. The Morgan fingerprint density at radius 2 is 1.85 bits per heavy atom. The Balaban J connectivity index is 1.53. The van der Waals surface area contributed by atoms with Crippen molar-refractivity contribution in [3.8, 4) is 11.5 Å². The van der Waals surface area contributed by atoms with Crippen molar-refractivity contribution in [2.75, 3.05) is 11.9 Å². The van der Waals surface area contributed by atoms with Crippen LogP contribution in [0.5, 0.6) is 0 Å². The van der Waals surface area contributed by atoms with Crippen LogP contribution >= 0.6 is 23.4 Å². The molecule has 0 amide bonds. The number of anilines is 1. The summed E-state index contributed by atoms with van der Waals surface area (Å²) in [6.45, 7) is 2.83. The van der Waals surface area contributed by atoms with Gasteiger partial charge in [0.1, 0.15) is 5.82 Å². The summed E-state index contributed by atoms with van der Waals surface area (Å²) in [5.41, 5.74) is 1.73. The average Bonchev–Trinajstić information content (AvgIpc) is 3.16. The van der Waals surface area contributed by atoms with Crippen LogP contribution < -0.4 is 5.32 Å². The highest BCUT2D eigenvalue weighted by atomic mass is 35.5. The summed E-state index contributed by atoms with van der Waals surface area (Å²) in [7, 11) is 0. The zero-order valence-electron chi connectivity index (χ0n) is 14.5. The van der Waals surface area contributed by atoms with E-state index in [0.29, 0.717) is 27.7 Å². The van der Waals surface area contributed by atoms with Crippen molar-refractivity contribution in [2.45, 2.75) is 17.8 Å². The van der Waals surface area contributed by atoms with E-state index in [1.807, 2.05) is 43.3 Å². The maximum atomic E-state index is 5.91. The number of benzene rings is 2. The Labute approximate surface area is 165 Å². The SMILES string of the molecule is CCNc1nc(SCc2nnc(-c3ccc(Cl)cc3)o2)nc2ccccc12. The summed E-state index contributed by atoms with van der Waals surface area (Å²) >= 11 is 7.37. The third kappa shape index (κ3) is 4.04. The maximum Gasteiger partial charge on any atom is 0.247 e. The zero-order chi connectivity index (χ0) is 18.6. The quantitative estimate of drug-likeness (QED) is 0.360. The topological polar surface area (TPSA) is 76.7 Å². The zero-order valence-corrected chi connectivity index (χ0v) is 16.1. The van der Waals surface area contributed by atoms with Gasteiger partial charge in [0.15, 0.2) is 5.16 Å². The van der Waals surface area contributed by atoms with Crippen LogP contribution in [0.25, 0.3) is 22.4 Å². The van der Waals surface area contributed by atoms with Gasteiger partial charge < -0.3 is 9.73 Å². The van der Waals surface area contributed by atoms with Gasteiger partial charge in [0.05, 0.1) is 11.3 Å². The largest absolute Gasteiger partial charge is 0.420 e. The molecular formula is C19H16ClN5OS.